The van der Waals surface area contributed by atoms with Crippen LogP contribution in [0.25, 0.3) is 0 Å². The number of aryl methyl sites for hydroxylation is 1. The zero-order valence-electron chi connectivity index (χ0n) is 17.9. The Labute approximate surface area is 180 Å². The number of benzene rings is 2. The summed E-state index contributed by atoms with van der Waals surface area (Å²) >= 11 is 0. The van der Waals surface area contributed by atoms with Crippen LogP contribution < -0.4 is 4.74 Å². The van der Waals surface area contributed by atoms with Crippen LogP contribution >= 0.6 is 0 Å². The van der Waals surface area contributed by atoms with E-state index in [2.05, 4.69) is 66.5 Å². The van der Waals surface area contributed by atoms with Crippen molar-refractivity contribution >= 4 is 0 Å². The van der Waals surface area contributed by atoms with Gasteiger partial charge in [-0.1, -0.05) is 49.4 Å². The van der Waals surface area contributed by atoms with Gasteiger partial charge < -0.3 is 4.74 Å². The van der Waals surface area contributed by atoms with Gasteiger partial charge in [0.15, 0.2) is 0 Å². The Balaban J connectivity index is 1.36. The van der Waals surface area contributed by atoms with Crippen molar-refractivity contribution < 1.29 is 4.74 Å². The van der Waals surface area contributed by atoms with Gasteiger partial charge in [0.25, 0.3) is 0 Å². The van der Waals surface area contributed by atoms with Crippen molar-refractivity contribution in [2.75, 3.05) is 0 Å². The summed E-state index contributed by atoms with van der Waals surface area (Å²) in [5.41, 5.74) is 6.10. The summed E-state index contributed by atoms with van der Waals surface area (Å²) in [6.07, 6.45) is 11.3. The molecule has 1 heterocycles. The van der Waals surface area contributed by atoms with Gasteiger partial charge in [-0.3, -0.25) is 4.98 Å². The maximum absolute atomic E-state index is 6.10. The first-order valence-corrected chi connectivity index (χ1v) is 11.5. The number of hydrogen-bond donors (Lipinski definition) is 0. The number of rotatable bonds is 5. The van der Waals surface area contributed by atoms with Gasteiger partial charge in [-0.05, 0) is 90.7 Å². The van der Waals surface area contributed by atoms with Crippen LogP contribution in [0, 0.1) is 5.92 Å². The molecule has 0 saturated heterocycles. The Morgan fingerprint density at radius 2 is 1.93 bits per heavy atom. The maximum Gasteiger partial charge on any atom is 0.120 e. The van der Waals surface area contributed by atoms with Crippen molar-refractivity contribution in [3.05, 3.63) is 95.3 Å². The van der Waals surface area contributed by atoms with Crippen LogP contribution in [0.4, 0.5) is 0 Å². The summed E-state index contributed by atoms with van der Waals surface area (Å²) in [7, 11) is 0. The molecule has 3 atom stereocenters. The molecule has 2 nitrogen and oxygen atoms in total. The van der Waals surface area contributed by atoms with Crippen LogP contribution in [0.3, 0.4) is 0 Å². The molecule has 0 radical (unpaired) electrons. The second-order valence-electron chi connectivity index (χ2n) is 9.10. The molecule has 2 aliphatic carbocycles. The Morgan fingerprint density at radius 3 is 2.73 bits per heavy atom. The van der Waals surface area contributed by atoms with E-state index >= 15 is 0 Å². The third kappa shape index (κ3) is 3.53. The molecule has 2 aromatic carbocycles. The Hall–Kier alpha value is -2.61. The first-order valence-electron chi connectivity index (χ1n) is 11.5. The number of hydrogen-bond acceptors (Lipinski definition) is 2. The predicted molar refractivity (Wildman–Crippen MR) is 122 cm³/mol. The van der Waals surface area contributed by atoms with Crippen molar-refractivity contribution in [1.29, 1.82) is 0 Å². The summed E-state index contributed by atoms with van der Waals surface area (Å²) < 4.78 is 6.10. The largest absolute Gasteiger partial charge is 0.489 e. The molecule has 1 fully saturated rings. The van der Waals surface area contributed by atoms with Crippen molar-refractivity contribution in [3.8, 4) is 5.75 Å². The van der Waals surface area contributed by atoms with Gasteiger partial charge in [0, 0.05) is 18.0 Å². The quantitative estimate of drug-likeness (QED) is 0.470. The molecule has 0 spiro atoms. The summed E-state index contributed by atoms with van der Waals surface area (Å²) in [6.45, 7) is 2.98. The summed E-state index contributed by atoms with van der Waals surface area (Å²) in [5, 5.41) is 0. The Bertz CT molecular complexity index is 984. The molecule has 5 rings (SSSR count). The molecule has 0 amide bonds. The minimum absolute atomic E-state index is 0.348. The first-order chi connectivity index (χ1) is 14.8. The van der Waals surface area contributed by atoms with Gasteiger partial charge in [-0.2, -0.15) is 0 Å². The molecule has 30 heavy (non-hydrogen) atoms. The van der Waals surface area contributed by atoms with E-state index in [-0.39, 0.29) is 0 Å². The average molecular weight is 398 g/mol. The van der Waals surface area contributed by atoms with Gasteiger partial charge in [0.2, 0.25) is 0 Å². The second kappa shape index (κ2) is 8.26. The fourth-order valence-electron chi connectivity index (χ4n) is 6.09. The van der Waals surface area contributed by atoms with Gasteiger partial charge in [0.1, 0.15) is 12.4 Å². The fourth-order valence-corrected chi connectivity index (χ4v) is 6.09. The van der Waals surface area contributed by atoms with Crippen molar-refractivity contribution in [2.45, 2.75) is 63.4 Å². The Morgan fingerprint density at radius 1 is 1.03 bits per heavy atom. The molecule has 3 aromatic rings. The lowest BCUT2D eigenvalue weighted by atomic mass is 9.54. The van der Waals surface area contributed by atoms with Gasteiger partial charge in [-0.25, -0.2) is 0 Å². The summed E-state index contributed by atoms with van der Waals surface area (Å²) in [6, 6.07) is 22.1. The third-order valence-electron chi connectivity index (χ3n) is 7.69. The molecular formula is C28H31NO. The molecular weight excluding hydrogens is 366 g/mol. The van der Waals surface area contributed by atoms with Crippen LogP contribution in [-0.2, 0) is 18.4 Å². The lowest BCUT2D eigenvalue weighted by molar-refractivity contribution is 0.138. The second-order valence-corrected chi connectivity index (χ2v) is 9.10. The zero-order valence-corrected chi connectivity index (χ0v) is 17.9. The topological polar surface area (TPSA) is 22.1 Å². The zero-order chi connectivity index (χ0) is 20.4. The van der Waals surface area contributed by atoms with Gasteiger partial charge >= 0.3 is 0 Å². The van der Waals surface area contributed by atoms with E-state index in [9.17, 15) is 0 Å². The number of pyridine rings is 1. The molecule has 1 aromatic heterocycles. The maximum atomic E-state index is 6.10. The van der Waals surface area contributed by atoms with Crippen molar-refractivity contribution in [3.63, 3.8) is 0 Å². The Kier molecular flexibility index (Phi) is 5.33. The lowest BCUT2D eigenvalue weighted by Gasteiger charge is -2.50. The fraction of sp³-hybridized carbons (Fsp3) is 0.393. The molecule has 0 aliphatic heterocycles. The monoisotopic (exact) mass is 397 g/mol. The lowest BCUT2D eigenvalue weighted by Crippen LogP contribution is -2.43. The predicted octanol–water partition coefficient (Wildman–Crippen LogP) is 6.84. The SMILES string of the molecule is CCC12CC[C@H](c3ccccc3)CC1CCc1cc(OCc3cccnc3)ccc12. The highest BCUT2D eigenvalue weighted by atomic mass is 16.5. The van der Waals surface area contributed by atoms with Crippen LogP contribution in [0.5, 0.6) is 5.75 Å². The highest BCUT2D eigenvalue weighted by molar-refractivity contribution is 5.44. The van der Waals surface area contributed by atoms with Crippen LogP contribution in [0.1, 0.15) is 67.2 Å². The molecule has 2 heteroatoms. The molecule has 154 valence electrons. The first kappa shape index (κ1) is 19.4. The number of fused-ring (bicyclic) bond motifs is 3. The smallest absolute Gasteiger partial charge is 0.120 e. The number of ether oxygens (including phenoxy) is 1. The van der Waals surface area contributed by atoms with E-state index in [4.69, 9.17) is 4.74 Å². The van der Waals surface area contributed by atoms with Gasteiger partial charge in [-0.15, -0.1) is 0 Å². The number of nitrogens with zero attached hydrogens (tertiary/aromatic N) is 1. The van der Waals surface area contributed by atoms with E-state index in [0.717, 1.165) is 23.1 Å². The molecule has 1 saturated carbocycles. The average Bonchev–Trinajstić information content (AvgIpc) is 2.83. The van der Waals surface area contributed by atoms with E-state index in [0.29, 0.717) is 12.0 Å². The highest BCUT2D eigenvalue weighted by Gasteiger charge is 2.46. The standard InChI is InChI=1S/C28H31NO/c1-2-28-15-14-23(22-8-4-3-5-9-22)17-25(28)11-10-24-18-26(12-13-27(24)28)30-20-21-7-6-16-29-19-21/h3-9,12-13,16,18-19,23,25H,2,10-11,14-15,17,20H2,1H3/t23-,25?,28?/m0/s1. The van der Waals surface area contributed by atoms with Crippen molar-refractivity contribution in [2.24, 2.45) is 5.92 Å². The minimum atomic E-state index is 0.348. The normalized spacial score (nSPS) is 25.2. The minimum Gasteiger partial charge on any atom is -0.489 e. The van der Waals surface area contributed by atoms with Crippen LogP contribution in [-0.4, -0.2) is 4.98 Å². The summed E-state index contributed by atoms with van der Waals surface area (Å²) in [4.78, 5) is 4.18. The summed E-state index contributed by atoms with van der Waals surface area (Å²) in [5.74, 6) is 2.50. The van der Waals surface area contributed by atoms with Gasteiger partial charge in [0.05, 0.1) is 0 Å². The van der Waals surface area contributed by atoms with E-state index in [1.165, 1.54) is 49.7 Å². The van der Waals surface area contributed by atoms with E-state index in [1.54, 1.807) is 11.8 Å². The van der Waals surface area contributed by atoms with Crippen LogP contribution in [0.2, 0.25) is 0 Å². The van der Waals surface area contributed by atoms with E-state index < -0.39 is 0 Å². The van der Waals surface area contributed by atoms with E-state index in [1.807, 2.05) is 12.3 Å². The molecule has 2 aliphatic rings. The number of aromatic nitrogens is 1. The molecule has 2 unspecified atom stereocenters. The van der Waals surface area contributed by atoms with Crippen LogP contribution in [0.15, 0.2) is 73.1 Å². The van der Waals surface area contributed by atoms with Crippen molar-refractivity contribution in [1.82, 2.24) is 4.98 Å². The molecule has 0 N–H and O–H groups in total. The molecule has 0 bridgehead atoms. The third-order valence-corrected chi connectivity index (χ3v) is 7.69. The highest BCUT2D eigenvalue weighted by Crippen LogP contribution is 2.55.